The molecule has 0 aromatic heterocycles. The second-order valence-electron chi connectivity index (χ2n) is 4.31. The van der Waals surface area contributed by atoms with Crippen LogP contribution in [0.15, 0.2) is 24.8 Å². The summed E-state index contributed by atoms with van der Waals surface area (Å²) in [6, 6.07) is 5.33. The van der Waals surface area contributed by atoms with E-state index in [2.05, 4.69) is 11.9 Å². The monoisotopic (exact) mass is 235 g/mol. The Labute approximate surface area is 101 Å². The molecular formula is C14H18FNO. The van der Waals surface area contributed by atoms with Crippen molar-refractivity contribution in [3.63, 3.8) is 0 Å². The van der Waals surface area contributed by atoms with E-state index in [4.69, 9.17) is 4.74 Å². The van der Waals surface area contributed by atoms with E-state index in [1.807, 2.05) is 6.92 Å². The van der Waals surface area contributed by atoms with Crippen LogP contribution in [0.4, 0.5) is 4.39 Å². The van der Waals surface area contributed by atoms with Crippen molar-refractivity contribution in [1.82, 2.24) is 5.32 Å². The van der Waals surface area contributed by atoms with Gasteiger partial charge in [0.05, 0.1) is 6.61 Å². The summed E-state index contributed by atoms with van der Waals surface area (Å²) in [5, 5.41) is 3.37. The topological polar surface area (TPSA) is 21.3 Å². The third kappa shape index (κ3) is 3.30. The molecule has 0 spiro atoms. The van der Waals surface area contributed by atoms with Gasteiger partial charge in [-0.2, -0.15) is 0 Å². The molecule has 0 amide bonds. The average molecular weight is 235 g/mol. The molecule has 0 unspecified atom stereocenters. The van der Waals surface area contributed by atoms with Crippen LogP contribution in [0.5, 0.6) is 0 Å². The minimum absolute atomic E-state index is 0.217. The van der Waals surface area contributed by atoms with Gasteiger partial charge in [-0.15, -0.1) is 0 Å². The predicted octanol–water partition coefficient (Wildman–Crippen LogP) is 3.08. The van der Waals surface area contributed by atoms with Crippen LogP contribution in [0.3, 0.4) is 0 Å². The van der Waals surface area contributed by atoms with E-state index in [1.54, 1.807) is 12.1 Å². The molecule has 92 valence electrons. The van der Waals surface area contributed by atoms with Crippen molar-refractivity contribution in [2.75, 3.05) is 6.61 Å². The number of ether oxygens (including phenoxy) is 1. The number of rotatable bonds is 6. The van der Waals surface area contributed by atoms with Crippen molar-refractivity contribution >= 4 is 5.76 Å². The molecule has 1 aliphatic carbocycles. The van der Waals surface area contributed by atoms with Crippen LogP contribution >= 0.6 is 0 Å². The average Bonchev–Trinajstić information content (AvgIpc) is 3.10. The van der Waals surface area contributed by atoms with Gasteiger partial charge in [0.15, 0.2) is 0 Å². The Morgan fingerprint density at radius 2 is 2.29 bits per heavy atom. The van der Waals surface area contributed by atoms with E-state index in [9.17, 15) is 4.39 Å². The molecule has 0 atom stereocenters. The Hall–Kier alpha value is -1.35. The highest BCUT2D eigenvalue weighted by atomic mass is 19.1. The van der Waals surface area contributed by atoms with Crippen molar-refractivity contribution in [2.45, 2.75) is 32.4 Å². The van der Waals surface area contributed by atoms with Gasteiger partial charge < -0.3 is 10.1 Å². The van der Waals surface area contributed by atoms with E-state index in [0.717, 1.165) is 11.1 Å². The van der Waals surface area contributed by atoms with Gasteiger partial charge in [0.25, 0.3) is 0 Å². The van der Waals surface area contributed by atoms with Crippen LogP contribution in [-0.4, -0.2) is 12.6 Å². The molecule has 0 aliphatic heterocycles. The fraction of sp³-hybridized carbons (Fsp3) is 0.429. The van der Waals surface area contributed by atoms with Crippen molar-refractivity contribution < 1.29 is 9.13 Å². The van der Waals surface area contributed by atoms with Crippen LogP contribution in [-0.2, 0) is 11.3 Å². The van der Waals surface area contributed by atoms with Crippen molar-refractivity contribution in [3.05, 3.63) is 41.7 Å². The van der Waals surface area contributed by atoms with Gasteiger partial charge >= 0.3 is 0 Å². The molecule has 0 saturated heterocycles. The lowest BCUT2D eigenvalue weighted by Crippen LogP contribution is -2.16. The zero-order valence-electron chi connectivity index (χ0n) is 10.1. The largest absolute Gasteiger partial charge is 0.494 e. The van der Waals surface area contributed by atoms with E-state index >= 15 is 0 Å². The summed E-state index contributed by atoms with van der Waals surface area (Å²) in [7, 11) is 0. The van der Waals surface area contributed by atoms with E-state index in [-0.39, 0.29) is 5.82 Å². The lowest BCUT2D eigenvalue weighted by Gasteiger charge is -2.13. The van der Waals surface area contributed by atoms with Gasteiger partial charge in [-0.25, -0.2) is 4.39 Å². The van der Waals surface area contributed by atoms with Crippen LogP contribution in [0, 0.1) is 5.82 Å². The summed E-state index contributed by atoms with van der Waals surface area (Å²) >= 11 is 0. The molecule has 2 nitrogen and oxygen atoms in total. The number of hydrogen-bond acceptors (Lipinski definition) is 2. The smallest absolute Gasteiger partial charge is 0.123 e. The molecule has 0 radical (unpaired) electrons. The first-order valence-corrected chi connectivity index (χ1v) is 6.04. The molecule has 1 aromatic carbocycles. The Kier molecular flexibility index (Phi) is 3.79. The fourth-order valence-corrected chi connectivity index (χ4v) is 1.77. The molecule has 1 N–H and O–H groups in total. The highest BCUT2D eigenvalue weighted by Crippen LogP contribution is 2.23. The lowest BCUT2D eigenvalue weighted by atomic mass is 10.1. The lowest BCUT2D eigenvalue weighted by molar-refractivity contribution is 0.298. The zero-order valence-corrected chi connectivity index (χ0v) is 10.1. The van der Waals surface area contributed by atoms with E-state index in [1.165, 1.54) is 18.9 Å². The van der Waals surface area contributed by atoms with E-state index in [0.29, 0.717) is 25.0 Å². The standard InChI is InChI=1S/C14H18FNO/c1-3-17-10(2)14-7-4-12(15)8-11(14)9-16-13-5-6-13/h4,7-8,13,16H,2-3,5-6,9H2,1H3. The van der Waals surface area contributed by atoms with Crippen LogP contribution in [0.2, 0.25) is 0 Å². The van der Waals surface area contributed by atoms with Crippen molar-refractivity contribution in [1.29, 1.82) is 0 Å². The maximum atomic E-state index is 13.2. The molecular weight excluding hydrogens is 217 g/mol. The first-order valence-electron chi connectivity index (χ1n) is 6.04. The number of nitrogens with one attached hydrogen (secondary N) is 1. The van der Waals surface area contributed by atoms with Crippen LogP contribution < -0.4 is 5.32 Å². The van der Waals surface area contributed by atoms with Gasteiger partial charge in [0, 0.05) is 18.2 Å². The molecule has 0 heterocycles. The molecule has 1 aromatic rings. The van der Waals surface area contributed by atoms with Gasteiger partial charge in [-0.05, 0) is 43.5 Å². The second kappa shape index (κ2) is 5.32. The maximum Gasteiger partial charge on any atom is 0.123 e. The van der Waals surface area contributed by atoms with Gasteiger partial charge in [-0.1, -0.05) is 6.58 Å². The van der Waals surface area contributed by atoms with Gasteiger partial charge in [-0.3, -0.25) is 0 Å². The quantitative estimate of drug-likeness (QED) is 0.765. The molecule has 3 heteroatoms. The van der Waals surface area contributed by atoms with Crippen LogP contribution in [0.1, 0.15) is 30.9 Å². The molecule has 1 saturated carbocycles. The molecule has 1 aliphatic rings. The fourth-order valence-electron chi connectivity index (χ4n) is 1.77. The summed E-state index contributed by atoms with van der Waals surface area (Å²) in [5.41, 5.74) is 1.80. The first-order chi connectivity index (χ1) is 8.20. The minimum Gasteiger partial charge on any atom is -0.494 e. The number of hydrogen-bond donors (Lipinski definition) is 1. The predicted molar refractivity (Wildman–Crippen MR) is 66.9 cm³/mol. The van der Waals surface area contributed by atoms with Gasteiger partial charge in [0.1, 0.15) is 11.6 Å². The number of benzene rings is 1. The second-order valence-corrected chi connectivity index (χ2v) is 4.31. The maximum absolute atomic E-state index is 13.2. The third-order valence-electron chi connectivity index (χ3n) is 2.84. The minimum atomic E-state index is -0.217. The summed E-state index contributed by atoms with van der Waals surface area (Å²) < 4.78 is 18.6. The normalized spacial score (nSPS) is 14.7. The van der Waals surface area contributed by atoms with E-state index < -0.39 is 0 Å². The Balaban J connectivity index is 2.13. The van der Waals surface area contributed by atoms with Gasteiger partial charge in [0.2, 0.25) is 0 Å². The molecule has 1 fully saturated rings. The summed E-state index contributed by atoms with van der Waals surface area (Å²) in [6.45, 7) is 7.03. The zero-order chi connectivity index (χ0) is 12.3. The van der Waals surface area contributed by atoms with Crippen molar-refractivity contribution in [2.24, 2.45) is 0 Å². The number of halogens is 1. The molecule has 17 heavy (non-hydrogen) atoms. The molecule has 2 rings (SSSR count). The summed E-state index contributed by atoms with van der Waals surface area (Å²) in [4.78, 5) is 0. The highest BCUT2D eigenvalue weighted by Gasteiger charge is 2.20. The summed E-state index contributed by atoms with van der Waals surface area (Å²) in [5.74, 6) is 0.394. The summed E-state index contributed by atoms with van der Waals surface area (Å²) in [6.07, 6.45) is 2.44. The Morgan fingerprint density at radius 3 is 2.94 bits per heavy atom. The first kappa shape index (κ1) is 12.1. The third-order valence-corrected chi connectivity index (χ3v) is 2.84. The Bertz CT molecular complexity index is 413. The highest BCUT2D eigenvalue weighted by molar-refractivity contribution is 5.61. The van der Waals surface area contributed by atoms with Crippen molar-refractivity contribution in [3.8, 4) is 0 Å². The van der Waals surface area contributed by atoms with Crippen LogP contribution in [0.25, 0.3) is 5.76 Å². The SMILES string of the molecule is C=C(OCC)c1ccc(F)cc1CNC1CC1. The molecule has 0 bridgehead atoms. The Morgan fingerprint density at radius 1 is 1.53 bits per heavy atom.